The summed E-state index contributed by atoms with van der Waals surface area (Å²) in [6, 6.07) is 4.73. The Labute approximate surface area is 111 Å². The molecule has 0 aromatic heterocycles. The van der Waals surface area contributed by atoms with Gasteiger partial charge in [-0.2, -0.15) is 0 Å². The summed E-state index contributed by atoms with van der Waals surface area (Å²) in [7, 11) is 0. The molecule has 1 saturated carbocycles. The quantitative estimate of drug-likeness (QED) is 0.757. The molecule has 18 heavy (non-hydrogen) atoms. The fraction of sp³-hybridized carbons (Fsp3) is 0.647. The lowest BCUT2D eigenvalue weighted by Gasteiger charge is -2.31. The van der Waals surface area contributed by atoms with Crippen molar-refractivity contribution in [3.05, 3.63) is 28.8 Å². The van der Waals surface area contributed by atoms with Crippen LogP contribution in [0.4, 0.5) is 5.69 Å². The van der Waals surface area contributed by atoms with Crippen LogP contribution in [-0.2, 0) is 0 Å². The minimum absolute atomic E-state index is 0.765. The highest BCUT2D eigenvalue weighted by Crippen LogP contribution is 2.45. The van der Waals surface area contributed by atoms with Crippen molar-refractivity contribution >= 4 is 5.69 Å². The molecule has 0 amide bonds. The van der Waals surface area contributed by atoms with Crippen molar-refractivity contribution in [3.63, 3.8) is 0 Å². The van der Waals surface area contributed by atoms with Crippen LogP contribution < -0.4 is 5.32 Å². The highest BCUT2D eigenvalue weighted by atomic mass is 14.9. The zero-order valence-corrected chi connectivity index (χ0v) is 11.9. The monoisotopic (exact) mass is 243 g/mol. The van der Waals surface area contributed by atoms with E-state index in [1.807, 2.05) is 0 Å². The van der Waals surface area contributed by atoms with Crippen LogP contribution >= 0.6 is 0 Å². The van der Waals surface area contributed by atoms with Crippen LogP contribution in [0.5, 0.6) is 0 Å². The predicted octanol–water partition coefficient (Wildman–Crippen LogP) is 4.64. The van der Waals surface area contributed by atoms with E-state index >= 15 is 0 Å². The normalized spacial score (nSPS) is 30.9. The third-order valence-corrected chi connectivity index (χ3v) is 4.95. The zero-order chi connectivity index (χ0) is 12.7. The first-order valence-electron chi connectivity index (χ1n) is 7.50. The molecule has 1 aromatic carbocycles. The van der Waals surface area contributed by atoms with E-state index in [0.29, 0.717) is 0 Å². The minimum atomic E-state index is 0.765. The van der Waals surface area contributed by atoms with E-state index in [0.717, 1.165) is 24.3 Å². The minimum Gasteiger partial charge on any atom is -0.384 e. The second kappa shape index (κ2) is 4.60. The second-order valence-corrected chi connectivity index (χ2v) is 6.57. The molecule has 98 valence electrons. The van der Waals surface area contributed by atoms with Gasteiger partial charge in [0.1, 0.15) is 0 Å². The summed E-state index contributed by atoms with van der Waals surface area (Å²) in [4.78, 5) is 0. The van der Waals surface area contributed by atoms with Gasteiger partial charge in [0.05, 0.1) is 0 Å². The van der Waals surface area contributed by atoms with Crippen LogP contribution in [0.3, 0.4) is 0 Å². The van der Waals surface area contributed by atoms with Crippen LogP contribution in [0.15, 0.2) is 12.1 Å². The Morgan fingerprint density at radius 1 is 1.17 bits per heavy atom. The number of aryl methyl sites for hydroxylation is 2. The molecule has 1 nitrogen and oxygen atoms in total. The number of hydrogen-bond donors (Lipinski definition) is 1. The summed E-state index contributed by atoms with van der Waals surface area (Å²) < 4.78 is 0. The lowest BCUT2D eigenvalue weighted by atomic mass is 9.74. The molecule has 2 aliphatic rings. The Hall–Kier alpha value is -0.980. The van der Waals surface area contributed by atoms with Gasteiger partial charge >= 0.3 is 0 Å². The molecule has 3 rings (SSSR count). The zero-order valence-electron chi connectivity index (χ0n) is 11.9. The summed E-state index contributed by atoms with van der Waals surface area (Å²) >= 11 is 0. The molecule has 1 aliphatic carbocycles. The van der Waals surface area contributed by atoms with E-state index in [1.165, 1.54) is 42.5 Å². The summed E-state index contributed by atoms with van der Waals surface area (Å²) in [6.45, 7) is 8.06. The van der Waals surface area contributed by atoms with Gasteiger partial charge in [0.25, 0.3) is 0 Å². The van der Waals surface area contributed by atoms with Crippen LogP contribution in [0, 0.1) is 25.7 Å². The average Bonchev–Trinajstić information content (AvgIpc) is 2.72. The third-order valence-electron chi connectivity index (χ3n) is 4.95. The van der Waals surface area contributed by atoms with Gasteiger partial charge < -0.3 is 5.32 Å². The van der Waals surface area contributed by atoms with Gasteiger partial charge in [0.2, 0.25) is 0 Å². The van der Waals surface area contributed by atoms with Crippen molar-refractivity contribution < 1.29 is 0 Å². The standard InChI is InChI=1S/C17H25N/c1-11-5-4-6-14(8-11)16-10-18-17-13(3)7-12(2)9-15(16)17/h7,9,11,14,16,18H,4-6,8,10H2,1-3H3. The second-order valence-electron chi connectivity index (χ2n) is 6.57. The first kappa shape index (κ1) is 12.1. The van der Waals surface area contributed by atoms with Crippen molar-refractivity contribution in [2.24, 2.45) is 11.8 Å². The van der Waals surface area contributed by atoms with E-state index < -0.39 is 0 Å². The van der Waals surface area contributed by atoms with E-state index in [-0.39, 0.29) is 0 Å². The predicted molar refractivity (Wildman–Crippen MR) is 78.3 cm³/mol. The lowest BCUT2D eigenvalue weighted by molar-refractivity contribution is 0.253. The van der Waals surface area contributed by atoms with Gasteiger partial charge in [0.15, 0.2) is 0 Å². The van der Waals surface area contributed by atoms with Crippen molar-refractivity contribution in [1.82, 2.24) is 0 Å². The van der Waals surface area contributed by atoms with Crippen LogP contribution in [0.25, 0.3) is 0 Å². The van der Waals surface area contributed by atoms with E-state index in [9.17, 15) is 0 Å². The molecular weight excluding hydrogens is 218 g/mol. The van der Waals surface area contributed by atoms with Gasteiger partial charge in [-0.1, -0.05) is 37.5 Å². The summed E-state index contributed by atoms with van der Waals surface area (Å²) in [5.41, 5.74) is 5.88. The largest absolute Gasteiger partial charge is 0.384 e. The molecule has 0 saturated heterocycles. The third kappa shape index (κ3) is 2.04. The van der Waals surface area contributed by atoms with Gasteiger partial charge in [-0.05, 0) is 49.7 Å². The lowest BCUT2D eigenvalue weighted by Crippen LogP contribution is -2.21. The van der Waals surface area contributed by atoms with Crippen molar-refractivity contribution in [2.45, 2.75) is 52.4 Å². The Bertz CT molecular complexity index is 449. The molecule has 1 N–H and O–H groups in total. The first-order valence-corrected chi connectivity index (χ1v) is 7.50. The Morgan fingerprint density at radius 3 is 2.78 bits per heavy atom. The number of benzene rings is 1. The van der Waals surface area contributed by atoms with Crippen LogP contribution in [0.1, 0.15) is 55.2 Å². The maximum absolute atomic E-state index is 3.66. The Balaban J connectivity index is 1.90. The molecule has 0 spiro atoms. The SMILES string of the molecule is Cc1cc(C)c2c(c1)C(C1CCCC(C)C1)CN2. The maximum atomic E-state index is 3.66. The van der Waals surface area contributed by atoms with Gasteiger partial charge in [-0.25, -0.2) is 0 Å². The summed E-state index contributed by atoms with van der Waals surface area (Å²) in [5, 5.41) is 3.66. The first-order chi connectivity index (χ1) is 8.65. The molecule has 3 atom stereocenters. The smallest absolute Gasteiger partial charge is 0.0406 e. The van der Waals surface area contributed by atoms with Crippen molar-refractivity contribution in [1.29, 1.82) is 0 Å². The topological polar surface area (TPSA) is 12.0 Å². The van der Waals surface area contributed by atoms with Crippen molar-refractivity contribution in [2.75, 3.05) is 11.9 Å². The fourth-order valence-electron chi connectivity index (χ4n) is 4.12. The fourth-order valence-corrected chi connectivity index (χ4v) is 4.12. The maximum Gasteiger partial charge on any atom is 0.0406 e. The Morgan fingerprint density at radius 2 is 2.00 bits per heavy atom. The van der Waals surface area contributed by atoms with Gasteiger partial charge in [0, 0.05) is 18.2 Å². The van der Waals surface area contributed by atoms with E-state index in [1.54, 1.807) is 5.56 Å². The molecule has 1 aliphatic heterocycles. The molecule has 1 fully saturated rings. The molecule has 0 radical (unpaired) electrons. The molecule has 1 aromatic rings. The molecule has 1 heteroatoms. The van der Waals surface area contributed by atoms with Crippen LogP contribution in [0.2, 0.25) is 0 Å². The number of rotatable bonds is 1. The number of anilines is 1. The van der Waals surface area contributed by atoms with Crippen molar-refractivity contribution in [3.8, 4) is 0 Å². The molecular formula is C17H25N. The molecule has 0 bridgehead atoms. The summed E-state index contributed by atoms with van der Waals surface area (Å²) in [6.07, 6.45) is 5.74. The van der Waals surface area contributed by atoms with E-state index in [2.05, 4.69) is 38.2 Å². The molecule has 3 unspecified atom stereocenters. The van der Waals surface area contributed by atoms with Gasteiger partial charge in [-0.3, -0.25) is 0 Å². The number of hydrogen-bond acceptors (Lipinski definition) is 1. The summed E-state index contributed by atoms with van der Waals surface area (Å²) in [5.74, 6) is 2.60. The van der Waals surface area contributed by atoms with Gasteiger partial charge in [-0.15, -0.1) is 0 Å². The average molecular weight is 243 g/mol. The highest BCUT2D eigenvalue weighted by molar-refractivity contribution is 5.64. The number of fused-ring (bicyclic) bond motifs is 1. The molecule has 1 heterocycles. The van der Waals surface area contributed by atoms with E-state index in [4.69, 9.17) is 0 Å². The highest BCUT2D eigenvalue weighted by Gasteiger charge is 2.33. The Kier molecular flexibility index (Phi) is 3.09. The van der Waals surface area contributed by atoms with Crippen LogP contribution in [-0.4, -0.2) is 6.54 Å². The number of nitrogens with one attached hydrogen (secondary N) is 1.